The number of hydrogen-bond donors (Lipinski definition) is 1. The Bertz CT molecular complexity index is 1230. The van der Waals surface area contributed by atoms with Crippen molar-refractivity contribution in [2.75, 3.05) is 5.32 Å². The normalized spacial score (nSPS) is 16.9. The van der Waals surface area contributed by atoms with Gasteiger partial charge in [0.1, 0.15) is 0 Å². The summed E-state index contributed by atoms with van der Waals surface area (Å²) in [4.78, 5) is 5.03. The minimum atomic E-state index is -4.83. The fourth-order valence-electron chi connectivity index (χ4n) is 4.94. The van der Waals surface area contributed by atoms with Crippen LogP contribution in [0.5, 0.6) is 0 Å². The number of fused-ring (bicyclic) bond motifs is 1. The van der Waals surface area contributed by atoms with Crippen molar-refractivity contribution in [1.82, 2.24) is 4.98 Å². The van der Waals surface area contributed by atoms with Crippen molar-refractivity contribution < 1.29 is 26.3 Å². The fraction of sp³-hybridized carbons (Fsp3) is 0.464. The monoisotopic (exact) mass is 581 g/mol. The van der Waals surface area contributed by atoms with E-state index in [1.165, 1.54) is 25.7 Å². The molecule has 0 spiro atoms. The molecule has 1 radical (unpaired) electrons. The molecule has 0 saturated heterocycles. The van der Waals surface area contributed by atoms with Gasteiger partial charge in [-0.25, -0.2) is 0 Å². The summed E-state index contributed by atoms with van der Waals surface area (Å²) in [6, 6.07) is 10.4. The van der Waals surface area contributed by atoms with Gasteiger partial charge in [-0.2, -0.15) is 0 Å². The molecule has 0 unspecified atom stereocenters. The number of hydrogen-bond acceptors (Lipinski definition) is 2. The second-order valence-electron chi connectivity index (χ2n) is 10.1. The van der Waals surface area contributed by atoms with Crippen molar-refractivity contribution in [2.45, 2.75) is 67.8 Å². The first kappa shape index (κ1) is 26.4. The third kappa shape index (κ3) is 6.27. The van der Waals surface area contributed by atoms with Crippen molar-refractivity contribution in [3.8, 4) is 0 Å². The number of anilines is 1. The number of benzene rings is 2. The Kier molecular flexibility index (Phi) is 7.25. The van der Waals surface area contributed by atoms with Gasteiger partial charge in [-0.1, -0.05) is 0 Å². The number of halogens is 6. The molecule has 3 aromatic rings. The van der Waals surface area contributed by atoms with Gasteiger partial charge in [0.05, 0.1) is 0 Å². The van der Waals surface area contributed by atoms with E-state index in [0.717, 1.165) is 46.4 Å². The summed E-state index contributed by atoms with van der Waals surface area (Å²) >= 11 is -0.585. The SMILES string of the molecule is CCc1cccc2cc(C[As]Cc3cc(C(F)(F)F)cc(C(F)(F)F)c3)c(NC(C3CC3)C3CC3)nc12. The summed E-state index contributed by atoms with van der Waals surface area (Å²) in [6.07, 6.45) is -3.98. The molecule has 2 aliphatic rings. The molecule has 37 heavy (non-hydrogen) atoms. The summed E-state index contributed by atoms with van der Waals surface area (Å²) in [7, 11) is 0. The Labute approximate surface area is 218 Å². The summed E-state index contributed by atoms with van der Waals surface area (Å²) in [5, 5.41) is 5.53. The molecule has 1 N–H and O–H groups in total. The number of nitrogens with one attached hydrogen (secondary N) is 1. The Balaban J connectivity index is 1.41. The van der Waals surface area contributed by atoms with Gasteiger partial charge in [-0.3, -0.25) is 0 Å². The molecule has 2 aromatic carbocycles. The molecule has 197 valence electrons. The fourth-order valence-corrected chi connectivity index (χ4v) is 7.11. The number of aryl methyl sites for hydroxylation is 1. The topological polar surface area (TPSA) is 24.9 Å². The maximum absolute atomic E-state index is 13.3. The van der Waals surface area contributed by atoms with Crippen LogP contribution in [0.15, 0.2) is 42.5 Å². The summed E-state index contributed by atoms with van der Waals surface area (Å²) < 4.78 is 79.6. The molecule has 0 bridgehead atoms. The van der Waals surface area contributed by atoms with E-state index >= 15 is 0 Å². The molecule has 2 nitrogen and oxygen atoms in total. The van der Waals surface area contributed by atoms with Crippen LogP contribution in [0.4, 0.5) is 32.2 Å². The standard InChI is InChI=1S/C28H28AsF6N2/c1-2-17-4-3-5-20-12-21(26(36-24(17)20)37-25(18-6-7-18)19-8-9-19)15-29-14-16-10-22(27(30,31)32)13-23(11-16)28(33,34)35/h3-5,10-13,18-19,25H,2,6-9,14-15H2,1H3,(H,36,37). The van der Waals surface area contributed by atoms with Crippen molar-refractivity contribution >= 4 is 32.5 Å². The van der Waals surface area contributed by atoms with E-state index in [1.807, 2.05) is 12.1 Å². The van der Waals surface area contributed by atoms with Crippen LogP contribution in [0.1, 0.15) is 60.4 Å². The number of pyridine rings is 1. The zero-order chi connectivity index (χ0) is 26.4. The predicted molar refractivity (Wildman–Crippen MR) is 134 cm³/mol. The molecule has 0 aliphatic heterocycles. The average Bonchev–Trinajstić information content (AvgIpc) is 3.75. The van der Waals surface area contributed by atoms with E-state index in [-0.39, 0.29) is 16.8 Å². The molecular weight excluding hydrogens is 553 g/mol. The molecule has 1 aromatic heterocycles. The van der Waals surface area contributed by atoms with Gasteiger partial charge in [0.25, 0.3) is 0 Å². The van der Waals surface area contributed by atoms with Crippen molar-refractivity contribution in [3.05, 3.63) is 70.3 Å². The molecule has 2 saturated carbocycles. The van der Waals surface area contributed by atoms with Gasteiger partial charge < -0.3 is 0 Å². The maximum atomic E-state index is 13.3. The van der Waals surface area contributed by atoms with E-state index in [1.54, 1.807) is 0 Å². The zero-order valence-electron chi connectivity index (χ0n) is 20.4. The van der Waals surface area contributed by atoms with Crippen LogP contribution in [-0.4, -0.2) is 26.8 Å². The molecule has 0 amide bonds. The quantitative estimate of drug-likeness (QED) is 0.206. The third-order valence-electron chi connectivity index (χ3n) is 7.18. The van der Waals surface area contributed by atoms with Gasteiger partial charge in [-0.15, -0.1) is 0 Å². The number of rotatable bonds is 9. The van der Waals surface area contributed by atoms with Crippen molar-refractivity contribution in [1.29, 1.82) is 0 Å². The second kappa shape index (κ2) is 10.2. The third-order valence-corrected chi connectivity index (χ3v) is 9.60. The Morgan fingerprint density at radius 3 is 2.03 bits per heavy atom. The van der Waals surface area contributed by atoms with Gasteiger partial charge in [0.15, 0.2) is 0 Å². The summed E-state index contributed by atoms with van der Waals surface area (Å²) in [6.45, 7) is 2.09. The van der Waals surface area contributed by atoms with Crippen LogP contribution in [-0.2, 0) is 29.2 Å². The van der Waals surface area contributed by atoms with Crippen molar-refractivity contribution in [2.24, 2.45) is 11.8 Å². The molecule has 0 atom stereocenters. The molecule has 2 fully saturated rings. The average molecular weight is 581 g/mol. The van der Waals surface area contributed by atoms with E-state index in [2.05, 4.69) is 24.4 Å². The molecular formula is C28H28AsF6N2. The summed E-state index contributed by atoms with van der Waals surface area (Å²) in [5.74, 6) is 2.13. The van der Waals surface area contributed by atoms with Gasteiger partial charge in [-0.05, 0) is 0 Å². The summed E-state index contributed by atoms with van der Waals surface area (Å²) in [5.41, 5.74) is 0.667. The van der Waals surface area contributed by atoms with Crippen LogP contribution in [0.25, 0.3) is 10.9 Å². The Morgan fingerprint density at radius 2 is 1.49 bits per heavy atom. The molecule has 5 rings (SSSR count). The molecule has 2 aliphatic carbocycles. The number of alkyl halides is 6. The second-order valence-corrected chi connectivity index (χ2v) is 12.4. The first-order valence-corrected chi connectivity index (χ1v) is 15.3. The van der Waals surface area contributed by atoms with Gasteiger partial charge >= 0.3 is 219 Å². The van der Waals surface area contributed by atoms with E-state index < -0.39 is 39.2 Å². The Hall–Kier alpha value is -2.21. The van der Waals surface area contributed by atoms with Crippen LogP contribution in [0.2, 0.25) is 0 Å². The number of aromatic nitrogens is 1. The minimum absolute atomic E-state index is 0.0764. The van der Waals surface area contributed by atoms with Gasteiger partial charge in [0, 0.05) is 0 Å². The number of nitrogens with zero attached hydrogens (tertiary/aromatic N) is 1. The van der Waals surface area contributed by atoms with Crippen LogP contribution in [0, 0.1) is 11.8 Å². The predicted octanol–water partition coefficient (Wildman–Crippen LogP) is 7.84. The van der Waals surface area contributed by atoms with Gasteiger partial charge in [0.2, 0.25) is 0 Å². The van der Waals surface area contributed by atoms with Crippen molar-refractivity contribution in [3.63, 3.8) is 0 Å². The zero-order valence-corrected chi connectivity index (χ0v) is 22.3. The van der Waals surface area contributed by atoms with Crippen LogP contribution < -0.4 is 5.32 Å². The molecule has 1 heterocycles. The van der Waals surface area contributed by atoms with E-state index in [9.17, 15) is 26.3 Å². The first-order chi connectivity index (χ1) is 17.5. The molecule has 9 heteroatoms. The van der Waals surface area contributed by atoms with E-state index in [4.69, 9.17) is 4.98 Å². The Morgan fingerprint density at radius 1 is 0.865 bits per heavy atom. The van der Waals surface area contributed by atoms with Crippen LogP contribution in [0.3, 0.4) is 0 Å². The van der Waals surface area contributed by atoms with E-state index in [0.29, 0.717) is 23.1 Å². The first-order valence-electron chi connectivity index (χ1n) is 12.6. The number of para-hydroxylation sites is 1. The van der Waals surface area contributed by atoms with Crippen LogP contribution >= 0.6 is 0 Å².